The number of nitrogens with zero attached hydrogens (tertiary/aromatic N) is 1. The Morgan fingerprint density at radius 2 is 1.94 bits per heavy atom. The number of rotatable bonds is 10. The van der Waals surface area contributed by atoms with Gasteiger partial charge in [-0.05, 0) is 41.3 Å². The third kappa shape index (κ3) is 6.34. The first-order valence-corrected chi connectivity index (χ1v) is 9.91. The van der Waals surface area contributed by atoms with Gasteiger partial charge in [-0.2, -0.15) is 0 Å². The quantitative estimate of drug-likeness (QED) is 0.521. The van der Waals surface area contributed by atoms with E-state index in [0.717, 1.165) is 11.1 Å². The summed E-state index contributed by atoms with van der Waals surface area (Å²) < 4.78 is 24.8. The maximum atomic E-state index is 14.1. The van der Waals surface area contributed by atoms with E-state index < -0.39 is 5.82 Å². The number of amides is 1. The number of halogens is 1. The zero-order valence-corrected chi connectivity index (χ0v) is 17.3. The van der Waals surface area contributed by atoms with Crippen LogP contribution >= 0.6 is 0 Å². The Morgan fingerprint density at radius 1 is 1.13 bits per heavy atom. The second-order valence-corrected chi connectivity index (χ2v) is 6.96. The van der Waals surface area contributed by atoms with Gasteiger partial charge >= 0.3 is 0 Å². The number of methoxy groups -OCH3 is 1. The molecule has 0 saturated carbocycles. The molecule has 0 saturated heterocycles. The van der Waals surface area contributed by atoms with Crippen molar-refractivity contribution in [2.45, 2.75) is 26.2 Å². The molecule has 1 heterocycles. The number of carbonyl (C=O) groups is 1. The zero-order valence-electron chi connectivity index (χ0n) is 17.3. The van der Waals surface area contributed by atoms with Crippen LogP contribution in [0.5, 0.6) is 5.75 Å². The summed E-state index contributed by atoms with van der Waals surface area (Å²) >= 11 is 0. The van der Waals surface area contributed by atoms with Crippen molar-refractivity contribution in [3.8, 4) is 5.75 Å². The number of nitrogens with one attached hydrogen (secondary N) is 1. The normalized spacial score (nSPS) is 10.7. The highest BCUT2D eigenvalue weighted by Crippen LogP contribution is 2.20. The Kier molecular flexibility index (Phi) is 8.09. The summed E-state index contributed by atoms with van der Waals surface area (Å²) in [6.45, 7) is 0.685. The molecule has 7 heteroatoms. The van der Waals surface area contributed by atoms with Crippen LogP contribution in [0, 0.1) is 5.82 Å². The second-order valence-electron chi connectivity index (χ2n) is 6.96. The van der Waals surface area contributed by atoms with E-state index in [9.17, 15) is 14.3 Å². The SMILES string of the molecule is COCCc1cc(CO)ncc1C(=O)NCc1ccc(F)c(OCc2ccccc2)c1. The van der Waals surface area contributed by atoms with Crippen molar-refractivity contribution in [1.82, 2.24) is 10.3 Å². The predicted molar refractivity (Wildman–Crippen MR) is 114 cm³/mol. The lowest BCUT2D eigenvalue weighted by Crippen LogP contribution is -2.25. The van der Waals surface area contributed by atoms with Gasteiger partial charge in [0.2, 0.25) is 0 Å². The molecule has 0 aliphatic rings. The largest absolute Gasteiger partial charge is 0.486 e. The fraction of sp³-hybridized carbons (Fsp3) is 0.250. The van der Waals surface area contributed by atoms with Crippen LogP contribution in [0.15, 0.2) is 60.8 Å². The number of hydrogen-bond acceptors (Lipinski definition) is 5. The van der Waals surface area contributed by atoms with E-state index in [-0.39, 0.29) is 31.4 Å². The van der Waals surface area contributed by atoms with E-state index in [1.165, 1.54) is 12.3 Å². The summed E-state index contributed by atoms with van der Waals surface area (Å²) in [6, 6.07) is 15.7. The average molecular weight is 424 g/mol. The van der Waals surface area contributed by atoms with E-state index >= 15 is 0 Å². The molecular weight excluding hydrogens is 399 g/mol. The van der Waals surface area contributed by atoms with E-state index in [1.54, 1.807) is 25.3 Å². The number of benzene rings is 2. The second kappa shape index (κ2) is 11.2. The van der Waals surface area contributed by atoms with Crippen molar-refractivity contribution >= 4 is 5.91 Å². The van der Waals surface area contributed by atoms with Gasteiger partial charge in [-0.15, -0.1) is 0 Å². The highest BCUT2D eigenvalue weighted by atomic mass is 19.1. The van der Waals surface area contributed by atoms with Gasteiger partial charge in [0.15, 0.2) is 11.6 Å². The van der Waals surface area contributed by atoms with Crippen LogP contribution < -0.4 is 10.1 Å². The fourth-order valence-corrected chi connectivity index (χ4v) is 3.04. The standard InChI is InChI=1S/C24H25FN2O4/c1-30-10-9-19-12-20(15-28)26-14-21(19)24(29)27-13-18-7-8-22(25)23(11-18)31-16-17-5-3-2-4-6-17/h2-8,11-12,14,28H,9-10,13,15-16H2,1H3,(H,27,29). The van der Waals surface area contributed by atoms with Gasteiger partial charge in [-0.3, -0.25) is 9.78 Å². The average Bonchev–Trinajstić information content (AvgIpc) is 2.81. The number of pyridine rings is 1. The Morgan fingerprint density at radius 3 is 2.68 bits per heavy atom. The molecule has 0 fully saturated rings. The van der Waals surface area contributed by atoms with E-state index in [2.05, 4.69) is 10.3 Å². The van der Waals surface area contributed by atoms with Gasteiger partial charge in [-0.25, -0.2) is 4.39 Å². The molecule has 2 N–H and O–H groups in total. The first-order valence-electron chi connectivity index (χ1n) is 9.91. The predicted octanol–water partition coefficient (Wildman–Crippen LogP) is 3.41. The van der Waals surface area contributed by atoms with Crippen LogP contribution in [-0.2, 0) is 30.9 Å². The molecule has 3 rings (SSSR count). The van der Waals surface area contributed by atoms with Crippen LogP contribution in [0.25, 0.3) is 0 Å². The van der Waals surface area contributed by atoms with E-state index in [1.807, 2.05) is 30.3 Å². The maximum absolute atomic E-state index is 14.1. The molecule has 162 valence electrons. The van der Waals surface area contributed by atoms with Crippen molar-refractivity contribution in [3.05, 3.63) is 94.6 Å². The van der Waals surface area contributed by atoms with Crippen LogP contribution in [0.2, 0.25) is 0 Å². The van der Waals surface area contributed by atoms with Crippen LogP contribution in [0.4, 0.5) is 4.39 Å². The van der Waals surface area contributed by atoms with E-state index in [4.69, 9.17) is 9.47 Å². The number of ether oxygens (including phenoxy) is 2. The molecule has 6 nitrogen and oxygen atoms in total. The first-order chi connectivity index (χ1) is 15.1. The summed E-state index contributed by atoms with van der Waals surface area (Å²) in [5, 5.41) is 12.1. The molecule has 1 aromatic heterocycles. The summed E-state index contributed by atoms with van der Waals surface area (Å²) in [6.07, 6.45) is 1.97. The maximum Gasteiger partial charge on any atom is 0.253 e. The molecule has 0 aliphatic carbocycles. The molecule has 0 spiro atoms. The Balaban J connectivity index is 1.66. The van der Waals surface area contributed by atoms with Crippen LogP contribution in [0.1, 0.15) is 32.7 Å². The van der Waals surface area contributed by atoms with Gasteiger partial charge in [0.05, 0.1) is 24.5 Å². The lowest BCUT2D eigenvalue weighted by Gasteiger charge is -2.12. The number of aromatic nitrogens is 1. The number of hydrogen-bond donors (Lipinski definition) is 2. The summed E-state index contributed by atoms with van der Waals surface area (Å²) in [7, 11) is 1.58. The van der Waals surface area contributed by atoms with Crippen LogP contribution in [0.3, 0.4) is 0 Å². The van der Waals surface area contributed by atoms with Gasteiger partial charge in [-0.1, -0.05) is 36.4 Å². The van der Waals surface area contributed by atoms with Gasteiger partial charge in [0.1, 0.15) is 6.61 Å². The van der Waals surface area contributed by atoms with Gasteiger partial charge in [0, 0.05) is 19.9 Å². The molecular formula is C24H25FN2O4. The number of aliphatic hydroxyl groups is 1. The van der Waals surface area contributed by atoms with Crippen LogP contribution in [-0.4, -0.2) is 29.7 Å². The van der Waals surface area contributed by atoms with E-state index in [0.29, 0.717) is 29.8 Å². The van der Waals surface area contributed by atoms with Crippen molar-refractivity contribution in [3.63, 3.8) is 0 Å². The minimum absolute atomic E-state index is 0.130. The third-order valence-corrected chi connectivity index (χ3v) is 4.71. The molecule has 31 heavy (non-hydrogen) atoms. The zero-order chi connectivity index (χ0) is 22.1. The van der Waals surface area contributed by atoms with Crippen molar-refractivity contribution in [1.29, 1.82) is 0 Å². The van der Waals surface area contributed by atoms with Crippen molar-refractivity contribution < 1.29 is 23.8 Å². The number of aliphatic hydroxyl groups excluding tert-OH is 1. The fourth-order valence-electron chi connectivity index (χ4n) is 3.04. The summed E-state index contributed by atoms with van der Waals surface area (Å²) in [4.78, 5) is 16.8. The Labute approximate surface area is 180 Å². The molecule has 2 aromatic carbocycles. The molecule has 0 bridgehead atoms. The molecule has 1 amide bonds. The van der Waals surface area contributed by atoms with Crippen molar-refractivity contribution in [2.24, 2.45) is 0 Å². The lowest BCUT2D eigenvalue weighted by molar-refractivity contribution is 0.0949. The molecule has 0 unspecified atom stereocenters. The highest BCUT2D eigenvalue weighted by molar-refractivity contribution is 5.95. The third-order valence-electron chi connectivity index (χ3n) is 4.71. The number of carbonyl (C=O) groups excluding carboxylic acids is 1. The van der Waals surface area contributed by atoms with Gasteiger partial charge in [0.25, 0.3) is 5.91 Å². The highest BCUT2D eigenvalue weighted by Gasteiger charge is 2.14. The monoisotopic (exact) mass is 424 g/mol. The molecule has 0 atom stereocenters. The summed E-state index contributed by atoms with van der Waals surface area (Å²) in [5.74, 6) is -0.638. The lowest BCUT2D eigenvalue weighted by atomic mass is 10.1. The first kappa shape index (κ1) is 22.4. The minimum Gasteiger partial charge on any atom is -0.486 e. The van der Waals surface area contributed by atoms with Gasteiger partial charge < -0.3 is 19.9 Å². The topological polar surface area (TPSA) is 80.7 Å². The Hall–Kier alpha value is -3.29. The molecule has 0 aliphatic heterocycles. The summed E-state index contributed by atoms with van der Waals surface area (Å²) in [5.41, 5.74) is 3.28. The molecule has 0 radical (unpaired) electrons. The molecule has 3 aromatic rings. The minimum atomic E-state index is -0.461. The smallest absolute Gasteiger partial charge is 0.253 e. The Bertz CT molecular complexity index is 1010. The van der Waals surface area contributed by atoms with Crippen molar-refractivity contribution in [2.75, 3.05) is 13.7 Å².